The number of aliphatic imine (C=N–C) groups is 2. The molecule has 0 unspecified atom stereocenters. The maximum Gasteiger partial charge on any atom is 0.162 e. The molecule has 0 aromatic heterocycles. The number of hydrogen-bond donors (Lipinski definition) is 1. The first-order chi connectivity index (χ1) is 19.2. The molecule has 2 aliphatic heterocycles. The van der Waals surface area contributed by atoms with Crippen molar-refractivity contribution in [1.29, 1.82) is 0 Å². The van der Waals surface area contributed by atoms with Crippen molar-refractivity contribution in [2.24, 2.45) is 9.98 Å². The molecule has 40 heavy (non-hydrogen) atoms. The first-order valence-electron chi connectivity index (χ1n) is 13.9. The van der Waals surface area contributed by atoms with Crippen molar-refractivity contribution in [1.82, 2.24) is 19.8 Å². The zero-order valence-electron chi connectivity index (χ0n) is 24.4. The van der Waals surface area contributed by atoms with Gasteiger partial charge in [0, 0.05) is 69.1 Å². The number of anilines is 2. The van der Waals surface area contributed by atoms with Gasteiger partial charge in [0.15, 0.2) is 5.82 Å². The highest BCUT2D eigenvalue weighted by Gasteiger charge is 2.42. The molecule has 3 aliphatic rings. The molecule has 0 amide bonds. The highest BCUT2D eigenvalue weighted by Crippen LogP contribution is 2.43. The summed E-state index contributed by atoms with van der Waals surface area (Å²) in [5, 5.41) is 7.36. The fraction of sp³-hybridized carbons (Fsp3) is 0.419. The second-order valence-corrected chi connectivity index (χ2v) is 10.8. The number of nitrogens with one attached hydrogen (secondary N) is 1. The first-order valence-corrected chi connectivity index (χ1v) is 13.9. The maximum absolute atomic E-state index is 14.5. The van der Waals surface area contributed by atoms with E-state index in [1.165, 1.54) is 17.8 Å². The Morgan fingerprint density at radius 3 is 2.42 bits per heavy atom. The summed E-state index contributed by atoms with van der Waals surface area (Å²) >= 11 is 0. The summed E-state index contributed by atoms with van der Waals surface area (Å²) < 4.78 is 14.5. The summed E-state index contributed by atoms with van der Waals surface area (Å²) in [5.41, 5.74) is 4.40. The van der Waals surface area contributed by atoms with Crippen LogP contribution in [0.15, 0.2) is 94.4 Å². The molecule has 1 saturated heterocycles. The molecular weight excluding hydrogens is 503 g/mol. The van der Waals surface area contributed by atoms with Crippen molar-refractivity contribution in [3.63, 3.8) is 0 Å². The van der Waals surface area contributed by atoms with Crippen molar-refractivity contribution in [2.75, 3.05) is 57.2 Å². The number of piperazine rings is 1. The van der Waals surface area contributed by atoms with Gasteiger partial charge in [-0.2, -0.15) is 0 Å². The number of nitrogens with zero attached hydrogens (tertiary/aromatic N) is 7. The Morgan fingerprint density at radius 1 is 1.18 bits per heavy atom. The summed E-state index contributed by atoms with van der Waals surface area (Å²) in [6.07, 6.45) is 8.41. The summed E-state index contributed by atoms with van der Waals surface area (Å²) in [6, 6.07) is 8.98. The van der Waals surface area contributed by atoms with Gasteiger partial charge in [0.25, 0.3) is 0 Å². The lowest BCUT2D eigenvalue weighted by Crippen LogP contribution is -2.44. The minimum Gasteiger partial charge on any atom is -0.376 e. The van der Waals surface area contributed by atoms with E-state index in [9.17, 15) is 4.39 Å². The number of halogens is 1. The smallest absolute Gasteiger partial charge is 0.162 e. The van der Waals surface area contributed by atoms with Crippen molar-refractivity contribution < 1.29 is 4.39 Å². The van der Waals surface area contributed by atoms with Crippen molar-refractivity contribution in [3.8, 4) is 0 Å². The average Bonchev–Trinajstić information content (AvgIpc) is 3.75. The lowest BCUT2D eigenvalue weighted by atomic mass is 10.2. The standard InChI is InChI=1S/C31H43FN8/c1-8-25(32)19-29(21-37(7)23(2)3)40-31(33-5)30(24(4)39(40)28-13-14-28)20-34-22-35-26-9-11-27(12-10-26)38-17-15-36(6)16-18-38/h8-12,19-21,23,28,35H,1,4-5,13-18,22H2,2-3,6-7H3/b25-19+,29-21+,34-20-. The molecule has 0 bridgehead atoms. The zero-order chi connectivity index (χ0) is 28.8. The van der Waals surface area contributed by atoms with Gasteiger partial charge in [-0.1, -0.05) is 13.2 Å². The maximum atomic E-state index is 14.5. The van der Waals surface area contributed by atoms with Crippen molar-refractivity contribution >= 4 is 24.3 Å². The quantitative estimate of drug-likeness (QED) is 0.287. The van der Waals surface area contributed by atoms with Crippen LogP contribution in [-0.4, -0.2) is 91.8 Å². The fourth-order valence-corrected chi connectivity index (χ4v) is 4.66. The topological polar surface area (TPSA) is 53.0 Å². The van der Waals surface area contributed by atoms with E-state index in [1.807, 2.05) is 23.2 Å². The van der Waals surface area contributed by atoms with Crippen LogP contribution in [-0.2, 0) is 0 Å². The van der Waals surface area contributed by atoms with E-state index in [4.69, 9.17) is 0 Å². The summed E-state index contributed by atoms with van der Waals surface area (Å²) in [6.45, 7) is 20.6. The highest BCUT2D eigenvalue weighted by atomic mass is 19.1. The normalized spacial score (nSPS) is 19.4. The van der Waals surface area contributed by atoms with Crippen LogP contribution in [0.25, 0.3) is 0 Å². The lowest BCUT2D eigenvalue weighted by molar-refractivity contribution is 0.0977. The van der Waals surface area contributed by atoms with Gasteiger partial charge in [-0.15, -0.1) is 0 Å². The predicted molar refractivity (Wildman–Crippen MR) is 166 cm³/mol. The van der Waals surface area contributed by atoms with Gasteiger partial charge in [-0.05, 0) is 70.8 Å². The minimum absolute atomic E-state index is 0.224. The third-order valence-electron chi connectivity index (χ3n) is 7.49. The van der Waals surface area contributed by atoms with Crippen molar-refractivity contribution in [3.05, 3.63) is 84.4 Å². The van der Waals surface area contributed by atoms with E-state index < -0.39 is 5.83 Å². The Kier molecular flexibility index (Phi) is 9.47. The van der Waals surface area contributed by atoms with Gasteiger partial charge in [0.05, 0.1) is 23.0 Å². The zero-order valence-corrected chi connectivity index (χ0v) is 24.4. The van der Waals surface area contributed by atoms with E-state index in [2.05, 4.69) is 95.1 Å². The van der Waals surface area contributed by atoms with Gasteiger partial charge in [-0.25, -0.2) is 14.4 Å². The van der Waals surface area contributed by atoms with E-state index in [0.29, 0.717) is 18.2 Å². The Bertz CT molecular complexity index is 1200. The Balaban J connectivity index is 1.51. The van der Waals surface area contributed by atoms with Crippen LogP contribution in [0.2, 0.25) is 0 Å². The number of hydrazine groups is 1. The van der Waals surface area contributed by atoms with Crippen LogP contribution in [0.4, 0.5) is 15.8 Å². The van der Waals surface area contributed by atoms with Gasteiger partial charge < -0.3 is 20.0 Å². The molecule has 1 aliphatic carbocycles. The Labute approximate surface area is 238 Å². The molecule has 1 saturated carbocycles. The van der Waals surface area contributed by atoms with Gasteiger partial charge >= 0.3 is 0 Å². The third kappa shape index (κ3) is 6.83. The second kappa shape index (κ2) is 13.0. The van der Waals surface area contributed by atoms with Gasteiger partial charge in [0.2, 0.25) is 0 Å². The number of allylic oxidation sites excluding steroid dienone is 4. The van der Waals surface area contributed by atoms with Crippen LogP contribution in [0.3, 0.4) is 0 Å². The second-order valence-electron chi connectivity index (χ2n) is 10.8. The van der Waals surface area contributed by atoms with E-state index in [-0.39, 0.29) is 12.1 Å². The first kappa shape index (κ1) is 29.1. The van der Waals surface area contributed by atoms with Crippen LogP contribution >= 0.6 is 0 Å². The molecule has 0 spiro atoms. The number of hydrogen-bond acceptors (Lipinski definition) is 8. The molecule has 9 heteroatoms. The molecule has 4 rings (SSSR count). The minimum atomic E-state index is -0.432. The molecule has 1 N–H and O–H groups in total. The molecule has 0 atom stereocenters. The van der Waals surface area contributed by atoms with Crippen LogP contribution in [0.1, 0.15) is 26.7 Å². The molecule has 214 valence electrons. The molecule has 8 nitrogen and oxygen atoms in total. The third-order valence-corrected chi connectivity index (χ3v) is 7.49. The molecule has 2 fully saturated rings. The fourth-order valence-electron chi connectivity index (χ4n) is 4.66. The number of rotatable bonds is 12. The summed E-state index contributed by atoms with van der Waals surface area (Å²) in [7, 11) is 4.13. The van der Waals surface area contributed by atoms with E-state index in [0.717, 1.165) is 56.0 Å². The van der Waals surface area contributed by atoms with Crippen LogP contribution < -0.4 is 10.2 Å². The highest BCUT2D eigenvalue weighted by molar-refractivity contribution is 5.86. The number of benzene rings is 1. The monoisotopic (exact) mass is 546 g/mol. The van der Waals surface area contributed by atoms with Gasteiger partial charge in [0.1, 0.15) is 12.5 Å². The van der Waals surface area contributed by atoms with Crippen molar-refractivity contribution in [2.45, 2.75) is 38.8 Å². The summed E-state index contributed by atoms with van der Waals surface area (Å²) in [5.74, 6) is 0.145. The van der Waals surface area contributed by atoms with E-state index in [1.54, 1.807) is 6.21 Å². The lowest BCUT2D eigenvalue weighted by Gasteiger charge is -2.34. The van der Waals surface area contributed by atoms with Crippen LogP contribution in [0, 0.1) is 0 Å². The Morgan fingerprint density at radius 2 is 1.85 bits per heavy atom. The largest absolute Gasteiger partial charge is 0.376 e. The molecule has 1 aromatic rings. The van der Waals surface area contributed by atoms with E-state index >= 15 is 0 Å². The Hall–Kier alpha value is -3.85. The predicted octanol–water partition coefficient (Wildman–Crippen LogP) is 5.22. The van der Waals surface area contributed by atoms with Crippen LogP contribution in [0.5, 0.6) is 0 Å². The molecule has 0 radical (unpaired) electrons. The molecule has 1 aromatic carbocycles. The van der Waals surface area contributed by atoms with Gasteiger partial charge in [-0.3, -0.25) is 10.0 Å². The SMILES string of the molecule is C=C/C(F)=C\C(=C/N(C)C(C)C)N1C(N=C)=C(/C=N\CNc2ccc(N3CCN(C)CC3)cc2)C(=C)N1C1CC1. The average molecular weight is 547 g/mol. The molecule has 2 heterocycles. The summed E-state index contributed by atoms with van der Waals surface area (Å²) in [4.78, 5) is 15.8. The molecular formula is C31H43FN8. The number of likely N-dealkylation sites (N-methyl/N-ethyl adjacent to an activating group) is 1.